The lowest BCUT2D eigenvalue weighted by Crippen LogP contribution is -2.43. The Morgan fingerprint density at radius 2 is 2.05 bits per heavy atom. The number of nitrogens with zero attached hydrogens (tertiary/aromatic N) is 2. The maximum Gasteiger partial charge on any atom is 0.193 e. The van der Waals surface area contributed by atoms with Crippen molar-refractivity contribution in [2.75, 3.05) is 20.1 Å². The van der Waals surface area contributed by atoms with Crippen molar-refractivity contribution in [3.05, 3.63) is 34.3 Å². The number of likely N-dealkylation sites (tertiary alicyclic amines) is 1. The average Bonchev–Trinajstić information content (AvgIpc) is 3.10. The molecule has 1 saturated heterocycles. The monoisotopic (exact) mass is 361 g/mol. The number of halogens is 1. The van der Waals surface area contributed by atoms with E-state index in [0.717, 1.165) is 10.4 Å². The number of hydrogen-bond donors (Lipinski definition) is 1. The normalized spacial score (nSPS) is 29.5. The number of rotatable bonds is 2. The third-order valence-electron chi connectivity index (χ3n) is 5.77. The highest BCUT2D eigenvalue weighted by Crippen LogP contribution is 2.48. The minimum atomic E-state index is 0.554. The molecule has 3 aliphatic rings. The van der Waals surface area contributed by atoms with E-state index in [1.54, 1.807) is 0 Å². The van der Waals surface area contributed by atoms with Crippen LogP contribution in [0.15, 0.2) is 33.7 Å². The summed E-state index contributed by atoms with van der Waals surface area (Å²) in [5.74, 6) is 1.76. The molecule has 3 fully saturated rings. The molecule has 2 unspecified atom stereocenters. The van der Waals surface area contributed by atoms with E-state index in [0.29, 0.717) is 17.4 Å². The van der Waals surface area contributed by atoms with Gasteiger partial charge in [0.2, 0.25) is 0 Å². The first kappa shape index (κ1) is 14.6. The van der Waals surface area contributed by atoms with Crippen LogP contribution in [0.3, 0.4) is 0 Å². The predicted octanol–water partition coefficient (Wildman–Crippen LogP) is 3.76. The standard InChI is InChI=1S/C18H24BrN3/c1-20-17(22-10-9-18(12-22)7-2-8-18)21-16-11-15(16)13-3-5-14(19)6-4-13/h3-6,15-16H,2,7-12H2,1H3,(H,20,21). The maximum atomic E-state index is 4.54. The Hall–Kier alpha value is -1.03. The predicted molar refractivity (Wildman–Crippen MR) is 94.3 cm³/mol. The second-order valence-corrected chi connectivity index (χ2v) is 8.13. The van der Waals surface area contributed by atoms with Crippen LogP contribution in [0.2, 0.25) is 0 Å². The van der Waals surface area contributed by atoms with E-state index in [-0.39, 0.29) is 0 Å². The van der Waals surface area contributed by atoms with Crippen LogP contribution in [0.4, 0.5) is 0 Å². The molecular weight excluding hydrogens is 338 g/mol. The molecule has 0 amide bonds. The topological polar surface area (TPSA) is 27.6 Å². The highest BCUT2D eigenvalue weighted by molar-refractivity contribution is 9.10. The molecule has 4 rings (SSSR count). The van der Waals surface area contributed by atoms with Crippen molar-refractivity contribution in [1.29, 1.82) is 0 Å². The third kappa shape index (κ3) is 2.66. The number of guanidine groups is 1. The summed E-state index contributed by atoms with van der Waals surface area (Å²) in [5.41, 5.74) is 2.07. The first-order valence-corrected chi connectivity index (χ1v) is 9.22. The molecule has 1 aromatic rings. The molecule has 2 atom stereocenters. The minimum Gasteiger partial charge on any atom is -0.353 e. The van der Waals surface area contributed by atoms with Crippen LogP contribution in [0, 0.1) is 5.41 Å². The number of aliphatic imine (C=N–C) groups is 1. The molecule has 1 heterocycles. The molecule has 22 heavy (non-hydrogen) atoms. The van der Waals surface area contributed by atoms with Crippen LogP contribution in [0.1, 0.15) is 43.6 Å². The Labute approximate surface area is 141 Å². The van der Waals surface area contributed by atoms with Gasteiger partial charge in [0.1, 0.15) is 0 Å². The zero-order chi connectivity index (χ0) is 15.2. The molecule has 2 aliphatic carbocycles. The summed E-state index contributed by atoms with van der Waals surface area (Å²) in [4.78, 5) is 7.02. The highest BCUT2D eigenvalue weighted by atomic mass is 79.9. The van der Waals surface area contributed by atoms with E-state index in [1.807, 2.05) is 7.05 Å². The first-order chi connectivity index (χ1) is 10.7. The minimum absolute atomic E-state index is 0.554. The summed E-state index contributed by atoms with van der Waals surface area (Å²) in [7, 11) is 1.92. The zero-order valence-electron chi connectivity index (χ0n) is 13.2. The Morgan fingerprint density at radius 1 is 1.27 bits per heavy atom. The van der Waals surface area contributed by atoms with Gasteiger partial charge >= 0.3 is 0 Å². The molecule has 1 spiro atoms. The molecule has 1 aliphatic heterocycles. The van der Waals surface area contributed by atoms with Gasteiger partial charge in [0.15, 0.2) is 5.96 Å². The van der Waals surface area contributed by atoms with Gasteiger partial charge in [-0.25, -0.2) is 0 Å². The molecule has 2 saturated carbocycles. The smallest absolute Gasteiger partial charge is 0.193 e. The van der Waals surface area contributed by atoms with E-state index < -0.39 is 0 Å². The molecule has 4 heteroatoms. The second kappa shape index (κ2) is 5.55. The van der Waals surface area contributed by atoms with Gasteiger partial charge in [-0.15, -0.1) is 0 Å². The van der Waals surface area contributed by atoms with Gasteiger partial charge < -0.3 is 10.2 Å². The largest absolute Gasteiger partial charge is 0.353 e. The molecule has 3 nitrogen and oxygen atoms in total. The molecule has 1 aromatic carbocycles. The summed E-state index contributed by atoms with van der Waals surface area (Å²) >= 11 is 3.51. The van der Waals surface area contributed by atoms with E-state index in [2.05, 4.69) is 55.4 Å². The fourth-order valence-corrected chi connectivity index (χ4v) is 4.36. The summed E-state index contributed by atoms with van der Waals surface area (Å²) in [5, 5.41) is 3.70. The van der Waals surface area contributed by atoms with Crippen LogP contribution < -0.4 is 5.32 Å². The third-order valence-corrected chi connectivity index (χ3v) is 6.30. The molecule has 1 N–H and O–H groups in total. The van der Waals surface area contributed by atoms with Crippen LogP contribution >= 0.6 is 15.9 Å². The Bertz CT molecular complexity index is 576. The fraction of sp³-hybridized carbons (Fsp3) is 0.611. The van der Waals surface area contributed by atoms with Crippen molar-refractivity contribution < 1.29 is 0 Å². The SMILES string of the molecule is CN=C(NC1CC1c1ccc(Br)cc1)N1CCC2(CCC2)C1. The fourth-order valence-electron chi connectivity index (χ4n) is 4.10. The van der Waals surface area contributed by atoms with Crippen LogP contribution in [-0.4, -0.2) is 37.0 Å². The van der Waals surface area contributed by atoms with Crippen LogP contribution in [0.5, 0.6) is 0 Å². The summed E-state index contributed by atoms with van der Waals surface area (Å²) in [6, 6.07) is 9.30. The van der Waals surface area contributed by atoms with Crippen molar-refractivity contribution in [1.82, 2.24) is 10.2 Å². The number of benzene rings is 1. The summed E-state index contributed by atoms with van der Waals surface area (Å²) in [6.07, 6.45) is 6.85. The van der Waals surface area contributed by atoms with E-state index >= 15 is 0 Å². The van der Waals surface area contributed by atoms with Crippen molar-refractivity contribution in [2.45, 2.75) is 44.1 Å². The van der Waals surface area contributed by atoms with Crippen molar-refractivity contribution in [2.24, 2.45) is 10.4 Å². The molecular formula is C18H24BrN3. The van der Waals surface area contributed by atoms with Gasteiger partial charge in [0.05, 0.1) is 0 Å². The molecule has 0 radical (unpaired) electrons. The van der Waals surface area contributed by atoms with Gasteiger partial charge in [-0.2, -0.15) is 0 Å². The van der Waals surface area contributed by atoms with Crippen LogP contribution in [-0.2, 0) is 0 Å². The maximum absolute atomic E-state index is 4.54. The van der Waals surface area contributed by atoms with Gasteiger partial charge in [-0.05, 0) is 48.8 Å². The van der Waals surface area contributed by atoms with Crippen molar-refractivity contribution in [3.8, 4) is 0 Å². The number of hydrogen-bond acceptors (Lipinski definition) is 1. The Balaban J connectivity index is 1.36. The summed E-state index contributed by atoms with van der Waals surface area (Å²) < 4.78 is 1.15. The van der Waals surface area contributed by atoms with Gasteiger partial charge in [-0.1, -0.05) is 34.5 Å². The lowest BCUT2D eigenvalue weighted by atomic mass is 9.68. The van der Waals surface area contributed by atoms with E-state index in [9.17, 15) is 0 Å². The zero-order valence-corrected chi connectivity index (χ0v) is 14.8. The molecule has 0 aromatic heterocycles. The average molecular weight is 362 g/mol. The Kier molecular flexibility index (Phi) is 3.67. The number of nitrogens with one attached hydrogen (secondary N) is 1. The lowest BCUT2D eigenvalue weighted by Gasteiger charge is -2.38. The lowest BCUT2D eigenvalue weighted by molar-refractivity contribution is 0.151. The molecule has 118 valence electrons. The summed E-state index contributed by atoms with van der Waals surface area (Å²) in [6.45, 7) is 2.39. The van der Waals surface area contributed by atoms with Gasteiger partial charge in [-0.3, -0.25) is 4.99 Å². The van der Waals surface area contributed by atoms with E-state index in [4.69, 9.17) is 0 Å². The Morgan fingerprint density at radius 3 is 2.64 bits per heavy atom. The molecule has 0 bridgehead atoms. The first-order valence-electron chi connectivity index (χ1n) is 8.43. The van der Waals surface area contributed by atoms with Crippen molar-refractivity contribution >= 4 is 21.9 Å². The van der Waals surface area contributed by atoms with Gasteiger partial charge in [0.25, 0.3) is 0 Å². The second-order valence-electron chi connectivity index (χ2n) is 7.22. The highest BCUT2D eigenvalue weighted by Gasteiger charge is 2.45. The quantitative estimate of drug-likeness (QED) is 0.641. The van der Waals surface area contributed by atoms with Crippen molar-refractivity contribution in [3.63, 3.8) is 0 Å². The van der Waals surface area contributed by atoms with Crippen LogP contribution in [0.25, 0.3) is 0 Å². The van der Waals surface area contributed by atoms with Gasteiger partial charge in [0, 0.05) is 36.6 Å². The van der Waals surface area contributed by atoms with E-state index in [1.165, 1.54) is 50.8 Å².